The summed E-state index contributed by atoms with van der Waals surface area (Å²) in [7, 11) is 0. The van der Waals surface area contributed by atoms with Gasteiger partial charge in [-0.1, -0.05) is 31.0 Å². The average molecular weight is 234 g/mol. The smallest absolute Gasteiger partial charge is 0.0831 e. The highest BCUT2D eigenvalue weighted by molar-refractivity contribution is 7.99. The molecular weight excluding hydrogens is 216 g/mol. The Labute approximate surface area is 101 Å². The fraction of sp³-hybridized carbons (Fsp3) is 0.571. The predicted molar refractivity (Wildman–Crippen MR) is 67.6 cm³/mol. The van der Waals surface area contributed by atoms with Crippen molar-refractivity contribution in [2.45, 2.75) is 36.7 Å². The van der Waals surface area contributed by atoms with Gasteiger partial charge in [-0.05, 0) is 36.3 Å². The molecule has 86 valence electrons. The highest BCUT2D eigenvalue weighted by atomic mass is 32.2. The summed E-state index contributed by atoms with van der Waals surface area (Å²) in [6.07, 6.45) is 4.94. The second-order valence-electron chi connectivity index (χ2n) is 5.00. The zero-order valence-corrected chi connectivity index (χ0v) is 10.2. The standard InChI is InChI=1S/C14H18OS/c15-14-11-6-2-1-5-10(11)9-16-13-8-4-3-7-12(13)14/h3-4,7-8,10-11,14-15H,1-2,5-6,9H2/t10-,11+,14+/m0/s1. The molecule has 2 aliphatic rings. The van der Waals surface area contributed by atoms with Crippen molar-refractivity contribution in [2.24, 2.45) is 11.8 Å². The molecule has 1 aliphatic heterocycles. The van der Waals surface area contributed by atoms with Crippen molar-refractivity contribution in [3.05, 3.63) is 29.8 Å². The first-order valence-electron chi connectivity index (χ1n) is 6.26. The maximum Gasteiger partial charge on any atom is 0.0831 e. The van der Waals surface area contributed by atoms with Crippen molar-refractivity contribution in [1.82, 2.24) is 0 Å². The van der Waals surface area contributed by atoms with Crippen molar-refractivity contribution < 1.29 is 5.11 Å². The number of hydrogen-bond acceptors (Lipinski definition) is 2. The molecule has 3 atom stereocenters. The second-order valence-corrected chi connectivity index (χ2v) is 6.06. The van der Waals surface area contributed by atoms with Gasteiger partial charge in [0.15, 0.2) is 0 Å². The Bertz CT molecular complexity index is 377. The van der Waals surface area contributed by atoms with E-state index in [1.165, 1.54) is 41.9 Å². The van der Waals surface area contributed by atoms with Crippen LogP contribution < -0.4 is 0 Å². The van der Waals surface area contributed by atoms with Crippen molar-refractivity contribution >= 4 is 11.8 Å². The summed E-state index contributed by atoms with van der Waals surface area (Å²) >= 11 is 1.94. The van der Waals surface area contributed by atoms with E-state index in [4.69, 9.17) is 0 Å². The van der Waals surface area contributed by atoms with Crippen molar-refractivity contribution in [1.29, 1.82) is 0 Å². The van der Waals surface area contributed by atoms with Crippen LogP contribution in [0.5, 0.6) is 0 Å². The van der Waals surface area contributed by atoms with E-state index in [-0.39, 0.29) is 6.10 Å². The van der Waals surface area contributed by atoms with Gasteiger partial charge in [0, 0.05) is 10.6 Å². The first-order valence-corrected chi connectivity index (χ1v) is 7.24. The Kier molecular flexibility index (Phi) is 2.95. The number of thioether (sulfide) groups is 1. The zero-order valence-electron chi connectivity index (χ0n) is 9.43. The quantitative estimate of drug-likeness (QED) is 0.739. The van der Waals surface area contributed by atoms with Crippen LogP contribution in [0, 0.1) is 11.8 Å². The maximum atomic E-state index is 10.5. The number of benzene rings is 1. The van der Waals surface area contributed by atoms with Gasteiger partial charge < -0.3 is 5.11 Å². The van der Waals surface area contributed by atoms with Gasteiger partial charge in [0.2, 0.25) is 0 Å². The molecule has 0 radical (unpaired) electrons. The van der Waals surface area contributed by atoms with Gasteiger partial charge in [0.05, 0.1) is 6.10 Å². The molecule has 0 unspecified atom stereocenters. The van der Waals surface area contributed by atoms with Crippen LogP contribution in [0.1, 0.15) is 37.4 Å². The van der Waals surface area contributed by atoms with Crippen molar-refractivity contribution in [3.63, 3.8) is 0 Å². The van der Waals surface area contributed by atoms with E-state index < -0.39 is 0 Å². The molecule has 1 saturated carbocycles. The van der Waals surface area contributed by atoms with Crippen LogP contribution in [0.3, 0.4) is 0 Å². The molecule has 0 saturated heterocycles. The number of aliphatic hydroxyl groups is 1. The molecule has 1 nitrogen and oxygen atoms in total. The molecule has 1 aliphatic carbocycles. The summed E-state index contributed by atoms with van der Waals surface area (Å²) in [5, 5.41) is 10.5. The monoisotopic (exact) mass is 234 g/mol. The lowest BCUT2D eigenvalue weighted by molar-refractivity contribution is 0.0543. The zero-order chi connectivity index (χ0) is 11.0. The number of fused-ring (bicyclic) bond motifs is 2. The molecule has 0 spiro atoms. The van der Waals surface area contributed by atoms with E-state index in [2.05, 4.69) is 18.2 Å². The summed E-state index contributed by atoms with van der Waals surface area (Å²) in [5.74, 6) is 2.42. The Morgan fingerprint density at radius 1 is 1.12 bits per heavy atom. The molecule has 16 heavy (non-hydrogen) atoms. The third-order valence-corrected chi connectivity index (χ3v) is 5.34. The Hall–Kier alpha value is -0.470. The lowest BCUT2D eigenvalue weighted by atomic mass is 9.75. The van der Waals surface area contributed by atoms with Gasteiger partial charge in [0.1, 0.15) is 0 Å². The highest BCUT2D eigenvalue weighted by Gasteiger charge is 2.34. The van der Waals surface area contributed by atoms with Crippen LogP contribution in [0.15, 0.2) is 29.2 Å². The van der Waals surface area contributed by atoms with Gasteiger partial charge in [-0.2, -0.15) is 0 Å². The minimum Gasteiger partial charge on any atom is -0.388 e. The Morgan fingerprint density at radius 2 is 1.94 bits per heavy atom. The third-order valence-electron chi connectivity index (χ3n) is 4.06. The van der Waals surface area contributed by atoms with Crippen LogP contribution in [0.25, 0.3) is 0 Å². The summed E-state index contributed by atoms with van der Waals surface area (Å²) in [4.78, 5) is 1.30. The molecule has 1 fully saturated rings. The first-order chi connectivity index (χ1) is 7.86. The minimum atomic E-state index is -0.225. The number of rotatable bonds is 0. The maximum absolute atomic E-state index is 10.5. The predicted octanol–water partition coefficient (Wildman–Crippen LogP) is 3.63. The fourth-order valence-electron chi connectivity index (χ4n) is 3.14. The van der Waals surface area contributed by atoms with Gasteiger partial charge in [-0.15, -0.1) is 11.8 Å². The molecular formula is C14H18OS. The minimum absolute atomic E-state index is 0.225. The van der Waals surface area contributed by atoms with E-state index >= 15 is 0 Å². The first kappa shape index (κ1) is 10.7. The van der Waals surface area contributed by atoms with Crippen LogP contribution in [0.2, 0.25) is 0 Å². The van der Waals surface area contributed by atoms with E-state index in [0.717, 1.165) is 5.92 Å². The van der Waals surface area contributed by atoms with Crippen LogP contribution in [-0.2, 0) is 0 Å². The Balaban J connectivity index is 1.96. The molecule has 0 bridgehead atoms. The summed E-state index contributed by atoms with van der Waals surface area (Å²) in [5.41, 5.74) is 1.17. The summed E-state index contributed by atoms with van der Waals surface area (Å²) in [6.45, 7) is 0. The second kappa shape index (κ2) is 4.42. The molecule has 1 aromatic rings. The molecule has 1 aromatic carbocycles. The number of hydrogen-bond donors (Lipinski definition) is 1. The third kappa shape index (κ3) is 1.78. The van der Waals surface area contributed by atoms with Gasteiger partial charge >= 0.3 is 0 Å². The molecule has 0 aromatic heterocycles. The van der Waals surface area contributed by atoms with Crippen molar-refractivity contribution in [2.75, 3.05) is 5.75 Å². The lowest BCUT2D eigenvalue weighted by Crippen LogP contribution is -2.25. The van der Waals surface area contributed by atoms with Crippen LogP contribution >= 0.6 is 11.8 Å². The number of aliphatic hydroxyl groups excluding tert-OH is 1. The molecule has 2 heteroatoms. The van der Waals surface area contributed by atoms with E-state index in [9.17, 15) is 5.11 Å². The summed E-state index contributed by atoms with van der Waals surface area (Å²) < 4.78 is 0. The van der Waals surface area contributed by atoms with Crippen molar-refractivity contribution in [3.8, 4) is 0 Å². The average Bonchev–Trinajstić information content (AvgIpc) is 2.49. The molecule has 1 N–H and O–H groups in total. The highest BCUT2D eigenvalue weighted by Crippen LogP contribution is 2.46. The largest absolute Gasteiger partial charge is 0.388 e. The topological polar surface area (TPSA) is 20.2 Å². The van der Waals surface area contributed by atoms with E-state index in [1.807, 2.05) is 17.8 Å². The lowest BCUT2D eigenvalue weighted by Gasteiger charge is -2.32. The summed E-state index contributed by atoms with van der Waals surface area (Å²) in [6, 6.07) is 8.38. The molecule has 3 rings (SSSR count). The van der Waals surface area contributed by atoms with Gasteiger partial charge in [-0.25, -0.2) is 0 Å². The van der Waals surface area contributed by atoms with Gasteiger partial charge in [0.25, 0.3) is 0 Å². The normalized spacial score (nSPS) is 33.7. The fourth-order valence-corrected chi connectivity index (χ4v) is 4.48. The van der Waals surface area contributed by atoms with Crippen LogP contribution in [-0.4, -0.2) is 10.9 Å². The Morgan fingerprint density at radius 3 is 2.88 bits per heavy atom. The van der Waals surface area contributed by atoms with E-state index in [0.29, 0.717) is 5.92 Å². The van der Waals surface area contributed by atoms with Crippen LogP contribution in [0.4, 0.5) is 0 Å². The SMILES string of the molecule is O[C@H]1c2ccccc2SC[C@@H]2CCCC[C@H]21. The van der Waals surface area contributed by atoms with E-state index in [1.54, 1.807) is 0 Å². The molecule has 1 heterocycles. The molecule has 0 amide bonds. The van der Waals surface area contributed by atoms with Gasteiger partial charge in [-0.3, -0.25) is 0 Å².